The SMILES string of the molecule is O=Cc1c[nH]c(-c2c(F)cccc2F)c1.O=Cc1cc(-c2c(F)cccc2F)n(S(=O)(=O)c2cccnc2)c1. The van der Waals surface area contributed by atoms with Gasteiger partial charge in [-0.05, 0) is 48.5 Å². The molecule has 12 heteroatoms. The van der Waals surface area contributed by atoms with Crippen LogP contribution < -0.4 is 0 Å². The molecule has 0 radical (unpaired) electrons. The zero-order valence-corrected chi connectivity index (χ0v) is 20.5. The molecule has 0 spiro atoms. The van der Waals surface area contributed by atoms with Crippen LogP contribution in [0, 0.1) is 23.3 Å². The van der Waals surface area contributed by atoms with Gasteiger partial charge in [0.25, 0.3) is 10.0 Å². The molecule has 0 aliphatic heterocycles. The largest absolute Gasteiger partial charge is 0.360 e. The first kappa shape index (κ1) is 27.2. The van der Waals surface area contributed by atoms with Crippen molar-refractivity contribution >= 4 is 22.6 Å². The van der Waals surface area contributed by atoms with E-state index >= 15 is 0 Å². The summed E-state index contributed by atoms with van der Waals surface area (Å²) in [5.74, 6) is -3.19. The third kappa shape index (κ3) is 5.55. The summed E-state index contributed by atoms with van der Waals surface area (Å²) >= 11 is 0. The van der Waals surface area contributed by atoms with E-state index in [0.717, 1.165) is 36.7 Å². The highest BCUT2D eigenvalue weighted by Crippen LogP contribution is 2.30. The molecule has 0 saturated heterocycles. The van der Waals surface area contributed by atoms with Gasteiger partial charge in [-0.25, -0.2) is 30.0 Å². The van der Waals surface area contributed by atoms with E-state index < -0.39 is 38.9 Å². The molecule has 0 aliphatic rings. The van der Waals surface area contributed by atoms with Gasteiger partial charge in [0.05, 0.1) is 22.5 Å². The summed E-state index contributed by atoms with van der Waals surface area (Å²) in [5, 5.41) is 0. The Hall–Kier alpha value is -4.84. The number of hydrogen-bond donors (Lipinski definition) is 1. The van der Waals surface area contributed by atoms with E-state index in [0.29, 0.717) is 22.1 Å². The van der Waals surface area contributed by atoms with Crippen molar-refractivity contribution in [1.29, 1.82) is 0 Å². The average molecular weight is 556 g/mol. The van der Waals surface area contributed by atoms with E-state index in [1.54, 1.807) is 0 Å². The van der Waals surface area contributed by atoms with Gasteiger partial charge >= 0.3 is 0 Å². The van der Waals surface area contributed by atoms with Gasteiger partial charge in [-0.1, -0.05) is 12.1 Å². The van der Waals surface area contributed by atoms with Gasteiger partial charge in [0.15, 0.2) is 12.6 Å². The number of nitrogens with zero attached hydrogens (tertiary/aromatic N) is 2. The van der Waals surface area contributed by atoms with Crippen LogP contribution in [0.1, 0.15) is 20.7 Å². The molecule has 0 saturated carbocycles. The summed E-state index contributed by atoms with van der Waals surface area (Å²) in [5.41, 5.74) is -0.374. The van der Waals surface area contributed by atoms with Crippen molar-refractivity contribution in [2.75, 3.05) is 0 Å². The Kier molecular flexibility index (Phi) is 7.86. The Morgan fingerprint density at radius 2 is 1.36 bits per heavy atom. The normalized spacial score (nSPS) is 11.0. The first-order valence-electron chi connectivity index (χ1n) is 11.0. The number of aromatic nitrogens is 3. The maximum absolute atomic E-state index is 14.1. The lowest BCUT2D eigenvalue weighted by Crippen LogP contribution is -2.14. The summed E-state index contributed by atoms with van der Waals surface area (Å²) < 4.78 is 80.9. The van der Waals surface area contributed by atoms with Crippen molar-refractivity contribution in [3.05, 3.63) is 120 Å². The summed E-state index contributed by atoms with van der Waals surface area (Å²) in [6.45, 7) is 0. The fraction of sp³-hybridized carbons (Fsp3) is 0. The Morgan fingerprint density at radius 1 is 0.769 bits per heavy atom. The number of pyridine rings is 1. The number of aldehydes is 2. The highest BCUT2D eigenvalue weighted by Gasteiger charge is 2.25. The van der Waals surface area contributed by atoms with Crippen molar-refractivity contribution in [3.8, 4) is 22.5 Å². The van der Waals surface area contributed by atoms with Gasteiger partial charge in [-0.3, -0.25) is 14.6 Å². The third-order valence-electron chi connectivity index (χ3n) is 5.43. The highest BCUT2D eigenvalue weighted by molar-refractivity contribution is 7.90. The molecule has 7 nitrogen and oxygen atoms in total. The number of benzene rings is 2. The van der Waals surface area contributed by atoms with Gasteiger partial charge in [0, 0.05) is 35.9 Å². The predicted molar refractivity (Wildman–Crippen MR) is 134 cm³/mol. The number of rotatable bonds is 6. The number of aromatic amines is 1. The van der Waals surface area contributed by atoms with E-state index in [2.05, 4.69) is 9.97 Å². The lowest BCUT2D eigenvalue weighted by molar-refractivity contribution is 0.111. The third-order valence-corrected chi connectivity index (χ3v) is 7.08. The number of hydrogen-bond acceptors (Lipinski definition) is 5. The Balaban J connectivity index is 0.000000202. The van der Waals surface area contributed by atoms with E-state index in [9.17, 15) is 35.6 Å². The zero-order valence-electron chi connectivity index (χ0n) is 19.7. The zero-order chi connectivity index (χ0) is 28.2. The first-order chi connectivity index (χ1) is 18.7. The molecule has 0 aliphatic carbocycles. The average Bonchev–Trinajstić information content (AvgIpc) is 3.57. The predicted octanol–water partition coefficient (Wildman–Crippen LogP) is 5.65. The maximum atomic E-state index is 14.1. The molecule has 2 aromatic carbocycles. The fourth-order valence-corrected chi connectivity index (χ4v) is 4.98. The van der Waals surface area contributed by atoms with Gasteiger partial charge in [-0.15, -0.1) is 0 Å². The fourth-order valence-electron chi connectivity index (χ4n) is 3.64. The molecule has 0 unspecified atom stereocenters. The molecule has 0 amide bonds. The molecule has 0 fully saturated rings. The van der Waals surface area contributed by atoms with Gasteiger partial charge in [-0.2, -0.15) is 0 Å². The standard InChI is InChI=1S/C16H10F2N2O3S.C11H7F2NO/c17-13-4-1-5-14(18)16(13)15-7-11(10-21)9-20(15)24(22,23)12-3-2-6-19-8-12;12-8-2-1-3-9(13)11(8)10-4-7(6-15)5-14-10/h1-10H;1-6,14H. The minimum atomic E-state index is -4.18. The maximum Gasteiger partial charge on any atom is 0.269 e. The first-order valence-corrected chi connectivity index (χ1v) is 12.5. The van der Waals surface area contributed by atoms with Gasteiger partial charge in [0.1, 0.15) is 28.2 Å². The van der Waals surface area contributed by atoms with Crippen LogP contribution in [-0.4, -0.2) is 34.9 Å². The minimum absolute atomic E-state index is 0.0277. The Morgan fingerprint density at radius 3 is 1.87 bits per heavy atom. The van der Waals surface area contributed by atoms with E-state index in [-0.39, 0.29) is 27.4 Å². The van der Waals surface area contributed by atoms with Crippen LogP contribution >= 0.6 is 0 Å². The molecule has 198 valence electrons. The molecule has 3 aromatic heterocycles. The van der Waals surface area contributed by atoms with E-state index in [4.69, 9.17) is 0 Å². The topological polar surface area (TPSA) is 102 Å². The molecule has 1 N–H and O–H groups in total. The lowest BCUT2D eigenvalue weighted by atomic mass is 10.1. The van der Waals surface area contributed by atoms with Gasteiger partial charge < -0.3 is 4.98 Å². The van der Waals surface area contributed by atoms with Crippen molar-refractivity contribution in [2.24, 2.45) is 0 Å². The molecule has 5 rings (SSSR count). The highest BCUT2D eigenvalue weighted by atomic mass is 32.2. The molecule has 39 heavy (non-hydrogen) atoms. The Bertz CT molecular complexity index is 1730. The van der Waals surface area contributed by atoms with Crippen molar-refractivity contribution in [2.45, 2.75) is 4.90 Å². The number of carbonyl (C=O) groups is 2. The van der Waals surface area contributed by atoms with Crippen molar-refractivity contribution < 1.29 is 35.6 Å². The van der Waals surface area contributed by atoms with E-state index in [1.165, 1.54) is 48.8 Å². The summed E-state index contributed by atoms with van der Waals surface area (Å²) in [6, 6.07) is 12.0. The number of carbonyl (C=O) groups excluding carboxylic acids is 2. The van der Waals surface area contributed by atoms with Crippen LogP contribution in [0.3, 0.4) is 0 Å². The van der Waals surface area contributed by atoms with Crippen LogP contribution in [0.2, 0.25) is 0 Å². The minimum Gasteiger partial charge on any atom is -0.360 e. The van der Waals surface area contributed by atoms with Crippen molar-refractivity contribution in [3.63, 3.8) is 0 Å². The monoisotopic (exact) mass is 555 g/mol. The molecule has 3 heterocycles. The van der Waals surface area contributed by atoms with E-state index in [1.807, 2.05) is 0 Å². The van der Waals surface area contributed by atoms with Crippen LogP contribution in [0.25, 0.3) is 22.5 Å². The Labute approximate surface area is 219 Å². The number of H-pyrrole nitrogens is 1. The lowest BCUT2D eigenvalue weighted by Gasteiger charge is -2.11. The second-order valence-corrected chi connectivity index (χ2v) is 9.74. The number of nitrogens with one attached hydrogen (secondary N) is 1. The molecule has 0 bridgehead atoms. The summed E-state index contributed by atoms with van der Waals surface area (Å²) in [4.78, 5) is 27.6. The van der Waals surface area contributed by atoms with Crippen LogP contribution in [0.4, 0.5) is 17.6 Å². The second-order valence-electron chi connectivity index (χ2n) is 7.92. The summed E-state index contributed by atoms with van der Waals surface area (Å²) in [6.07, 6.45) is 5.92. The number of halogens is 4. The van der Waals surface area contributed by atoms with Gasteiger partial charge in [0.2, 0.25) is 0 Å². The molecular formula is C27H17F4N3O4S. The quantitative estimate of drug-likeness (QED) is 0.216. The van der Waals surface area contributed by atoms with Crippen molar-refractivity contribution in [1.82, 2.24) is 13.9 Å². The molecule has 5 aromatic rings. The summed E-state index contributed by atoms with van der Waals surface area (Å²) in [7, 11) is -4.18. The molecule has 0 atom stereocenters. The van der Waals surface area contributed by atoms with Crippen LogP contribution in [0.5, 0.6) is 0 Å². The molecular weight excluding hydrogens is 538 g/mol. The van der Waals surface area contributed by atoms with Crippen LogP contribution in [0.15, 0.2) is 90.3 Å². The second kappa shape index (κ2) is 11.3. The van der Waals surface area contributed by atoms with Crippen LogP contribution in [-0.2, 0) is 10.0 Å². The smallest absolute Gasteiger partial charge is 0.269 e.